The van der Waals surface area contributed by atoms with E-state index in [1.54, 1.807) is 26.4 Å². The number of carbonyl (C=O) groups excluding carboxylic acids is 2. The highest BCUT2D eigenvalue weighted by Gasteiger charge is 2.37. The Labute approximate surface area is 200 Å². The van der Waals surface area contributed by atoms with Crippen molar-refractivity contribution in [1.82, 2.24) is 5.32 Å². The number of benzene rings is 2. The molecule has 2 aromatic rings. The summed E-state index contributed by atoms with van der Waals surface area (Å²) in [5, 5.41) is 2.71. The molecule has 1 N–H and O–H groups in total. The van der Waals surface area contributed by atoms with Gasteiger partial charge in [0.15, 0.2) is 23.0 Å². The SMILES string of the molecule is CCCCNC(=O)Oc1ccc(C[C@H]2C(=O)OC[C@@H]2Cc2ccc(OC)c(OC)c2)cc1OC. The van der Waals surface area contributed by atoms with Gasteiger partial charge in [0.25, 0.3) is 0 Å². The van der Waals surface area contributed by atoms with E-state index in [4.69, 9.17) is 23.7 Å². The Hall–Kier alpha value is -3.42. The van der Waals surface area contributed by atoms with Crippen LogP contribution in [-0.4, -0.2) is 46.5 Å². The number of carbonyl (C=O) groups is 2. The Bertz CT molecular complexity index is 991. The number of hydrogen-bond donors (Lipinski definition) is 1. The number of rotatable bonds is 11. The maximum atomic E-state index is 12.5. The molecular formula is C26H33NO7. The van der Waals surface area contributed by atoms with Gasteiger partial charge < -0.3 is 29.0 Å². The predicted octanol–water partition coefficient (Wildman–Crippen LogP) is 4.18. The van der Waals surface area contributed by atoms with Crippen molar-refractivity contribution in [3.8, 4) is 23.0 Å². The zero-order chi connectivity index (χ0) is 24.5. The van der Waals surface area contributed by atoms with Crippen LogP contribution in [-0.2, 0) is 22.4 Å². The van der Waals surface area contributed by atoms with Gasteiger partial charge in [0, 0.05) is 12.5 Å². The van der Waals surface area contributed by atoms with E-state index in [1.165, 1.54) is 7.11 Å². The van der Waals surface area contributed by atoms with Gasteiger partial charge >= 0.3 is 12.1 Å². The van der Waals surface area contributed by atoms with Gasteiger partial charge in [-0.25, -0.2) is 4.79 Å². The molecule has 0 spiro atoms. The fraction of sp³-hybridized carbons (Fsp3) is 0.462. The van der Waals surface area contributed by atoms with Crippen molar-refractivity contribution in [1.29, 1.82) is 0 Å². The molecule has 1 aliphatic heterocycles. The van der Waals surface area contributed by atoms with Crippen LogP contribution in [0.2, 0.25) is 0 Å². The second-order valence-electron chi connectivity index (χ2n) is 8.25. The molecule has 2 atom stereocenters. The van der Waals surface area contributed by atoms with Crippen molar-refractivity contribution in [2.75, 3.05) is 34.5 Å². The van der Waals surface area contributed by atoms with Crippen molar-refractivity contribution in [2.45, 2.75) is 32.6 Å². The third-order valence-corrected chi connectivity index (χ3v) is 5.94. The summed E-state index contributed by atoms with van der Waals surface area (Å²) < 4.78 is 26.9. The topological polar surface area (TPSA) is 92.3 Å². The average Bonchev–Trinajstić information content (AvgIpc) is 3.18. The quantitative estimate of drug-likeness (QED) is 0.388. The van der Waals surface area contributed by atoms with E-state index >= 15 is 0 Å². The van der Waals surface area contributed by atoms with E-state index in [0.717, 1.165) is 24.0 Å². The first-order valence-electron chi connectivity index (χ1n) is 11.5. The van der Waals surface area contributed by atoms with E-state index in [9.17, 15) is 9.59 Å². The highest BCUT2D eigenvalue weighted by Crippen LogP contribution is 2.35. The second-order valence-corrected chi connectivity index (χ2v) is 8.25. The van der Waals surface area contributed by atoms with E-state index in [0.29, 0.717) is 49.0 Å². The molecule has 0 radical (unpaired) electrons. The summed E-state index contributed by atoms with van der Waals surface area (Å²) in [5.74, 6) is 1.61. The van der Waals surface area contributed by atoms with Crippen LogP contribution in [0.5, 0.6) is 23.0 Å². The van der Waals surface area contributed by atoms with Gasteiger partial charge in [-0.3, -0.25) is 4.79 Å². The molecule has 8 nitrogen and oxygen atoms in total. The summed E-state index contributed by atoms with van der Waals surface area (Å²) in [4.78, 5) is 24.5. The Morgan fingerprint density at radius 3 is 2.21 bits per heavy atom. The molecule has 0 unspecified atom stereocenters. The fourth-order valence-corrected chi connectivity index (χ4v) is 4.05. The number of esters is 1. The van der Waals surface area contributed by atoms with Crippen LogP contribution >= 0.6 is 0 Å². The maximum Gasteiger partial charge on any atom is 0.412 e. The minimum Gasteiger partial charge on any atom is -0.493 e. The zero-order valence-corrected chi connectivity index (χ0v) is 20.2. The lowest BCUT2D eigenvalue weighted by molar-refractivity contribution is -0.141. The minimum atomic E-state index is -0.520. The first-order valence-corrected chi connectivity index (χ1v) is 11.5. The number of amides is 1. The monoisotopic (exact) mass is 471 g/mol. The van der Waals surface area contributed by atoms with Crippen molar-refractivity contribution in [3.05, 3.63) is 47.5 Å². The minimum absolute atomic E-state index is 0.0249. The normalized spacial score (nSPS) is 17.1. The number of hydrogen-bond acceptors (Lipinski definition) is 7. The zero-order valence-electron chi connectivity index (χ0n) is 20.2. The van der Waals surface area contributed by atoms with E-state index in [-0.39, 0.29) is 17.8 Å². The third-order valence-electron chi connectivity index (χ3n) is 5.94. The molecule has 0 bridgehead atoms. The summed E-state index contributed by atoms with van der Waals surface area (Å²) in [5.41, 5.74) is 1.94. The Balaban J connectivity index is 1.69. The molecule has 1 fully saturated rings. The number of nitrogens with one attached hydrogen (secondary N) is 1. The smallest absolute Gasteiger partial charge is 0.412 e. The van der Waals surface area contributed by atoms with Gasteiger partial charge in [0.2, 0.25) is 0 Å². The van der Waals surface area contributed by atoms with Gasteiger partial charge in [-0.15, -0.1) is 0 Å². The lowest BCUT2D eigenvalue weighted by Crippen LogP contribution is -2.27. The second kappa shape index (κ2) is 12.2. The molecule has 0 aliphatic carbocycles. The largest absolute Gasteiger partial charge is 0.493 e. The van der Waals surface area contributed by atoms with Crippen LogP contribution in [0.4, 0.5) is 4.79 Å². The molecular weight excluding hydrogens is 438 g/mol. The third kappa shape index (κ3) is 6.34. The van der Waals surface area contributed by atoms with Gasteiger partial charge in [0.05, 0.1) is 33.9 Å². The highest BCUT2D eigenvalue weighted by molar-refractivity contribution is 5.75. The number of unbranched alkanes of at least 4 members (excludes halogenated alkanes) is 1. The average molecular weight is 472 g/mol. The molecule has 2 aromatic carbocycles. The van der Waals surface area contributed by atoms with Crippen LogP contribution in [0.25, 0.3) is 0 Å². The lowest BCUT2D eigenvalue weighted by Gasteiger charge is -2.17. The Morgan fingerprint density at radius 2 is 1.56 bits per heavy atom. The van der Waals surface area contributed by atoms with E-state index in [1.807, 2.05) is 31.2 Å². The highest BCUT2D eigenvalue weighted by atomic mass is 16.6. The molecule has 0 aromatic heterocycles. The van der Waals surface area contributed by atoms with Crippen molar-refractivity contribution < 1.29 is 33.3 Å². The van der Waals surface area contributed by atoms with Crippen molar-refractivity contribution in [2.24, 2.45) is 11.8 Å². The van der Waals surface area contributed by atoms with Crippen LogP contribution in [0.15, 0.2) is 36.4 Å². The predicted molar refractivity (Wildman–Crippen MR) is 127 cm³/mol. The van der Waals surface area contributed by atoms with Gasteiger partial charge in [-0.05, 0) is 54.7 Å². The van der Waals surface area contributed by atoms with Crippen LogP contribution in [0, 0.1) is 11.8 Å². The Morgan fingerprint density at radius 1 is 0.941 bits per heavy atom. The molecule has 184 valence electrons. The molecule has 8 heteroatoms. The van der Waals surface area contributed by atoms with Gasteiger partial charge in [-0.2, -0.15) is 0 Å². The van der Waals surface area contributed by atoms with Gasteiger partial charge in [0.1, 0.15) is 0 Å². The molecule has 1 saturated heterocycles. The van der Waals surface area contributed by atoms with Gasteiger partial charge in [-0.1, -0.05) is 25.5 Å². The first-order chi connectivity index (χ1) is 16.5. The van der Waals surface area contributed by atoms with Crippen LogP contribution < -0.4 is 24.3 Å². The van der Waals surface area contributed by atoms with Crippen molar-refractivity contribution >= 4 is 12.1 Å². The maximum absolute atomic E-state index is 12.5. The first kappa shape index (κ1) is 25.2. The van der Waals surface area contributed by atoms with Crippen LogP contribution in [0.1, 0.15) is 30.9 Å². The molecule has 1 amide bonds. The molecule has 34 heavy (non-hydrogen) atoms. The molecule has 1 aliphatic rings. The summed E-state index contributed by atoms with van der Waals surface area (Å²) in [6, 6.07) is 11.1. The standard InChI is InChI=1S/C26H33NO7/c1-5-6-11-27-26(29)34-22-10-8-18(15-24(22)32-4)13-20-19(16-33-25(20)28)12-17-7-9-21(30-2)23(14-17)31-3/h7-10,14-15,19-20H,5-6,11-13,16H2,1-4H3,(H,27,29)/t19-,20+/m0/s1. The van der Waals surface area contributed by atoms with E-state index < -0.39 is 6.09 Å². The summed E-state index contributed by atoms with van der Waals surface area (Å²) in [7, 11) is 4.72. The number of ether oxygens (including phenoxy) is 5. The summed E-state index contributed by atoms with van der Waals surface area (Å²) in [6.07, 6.45) is 2.51. The molecule has 3 rings (SSSR count). The number of methoxy groups -OCH3 is 3. The summed E-state index contributed by atoms with van der Waals surface area (Å²) in [6.45, 7) is 2.97. The number of cyclic esters (lactones) is 1. The lowest BCUT2D eigenvalue weighted by atomic mass is 9.85. The van der Waals surface area contributed by atoms with E-state index in [2.05, 4.69) is 5.32 Å². The molecule has 0 saturated carbocycles. The fourth-order valence-electron chi connectivity index (χ4n) is 4.05. The Kier molecular flexibility index (Phi) is 9.01. The molecule has 1 heterocycles. The van der Waals surface area contributed by atoms with Crippen LogP contribution in [0.3, 0.4) is 0 Å². The van der Waals surface area contributed by atoms with Crippen molar-refractivity contribution in [3.63, 3.8) is 0 Å². The summed E-state index contributed by atoms with van der Waals surface area (Å²) >= 11 is 0.